The molecule has 0 spiro atoms. The van der Waals surface area contributed by atoms with Crippen molar-refractivity contribution in [3.05, 3.63) is 22.9 Å². The van der Waals surface area contributed by atoms with E-state index in [0.29, 0.717) is 0 Å². The highest BCUT2D eigenvalue weighted by Gasteiger charge is 2.38. The molecule has 22 heavy (non-hydrogen) atoms. The molecule has 0 saturated heterocycles. The van der Waals surface area contributed by atoms with Crippen molar-refractivity contribution in [2.75, 3.05) is 7.11 Å². The van der Waals surface area contributed by atoms with Crippen molar-refractivity contribution in [3.63, 3.8) is 0 Å². The van der Waals surface area contributed by atoms with Gasteiger partial charge in [-0.3, -0.25) is 4.79 Å². The first-order valence-corrected chi connectivity index (χ1v) is 5.60. The highest BCUT2D eigenvalue weighted by atomic mass is 19.4. The summed E-state index contributed by atoms with van der Waals surface area (Å²) in [5, 5.41) is 0. The van der Waals surface area contributed by atoms with Gasteiger partial charge in [-0.1, -0.05) is 0 Å². The molecule has 124 valence electrons. The standard InChI is InChI=1S/C11H10F6N2O3/c1-21-9(20)2-5-6(10(12,13)14)3-8(19-7(5)4-18)22-11(15,16)17/h3H,2,4,18H2,1H3. The minimum Gasteiger partial charge on any atom is -0.469 e. The number of nitrogens with zero attached hydrogens (tertiary/aromatic N) is 1. The van der Waals surface area contributed by atoms with E-state index in [0.717, 1.165) is 7.11 Å². The van der Waals surface area contributed by atoms with E-state index in [2.05, 4.69) is 14.5 Å². The molecular formula is C11H10F6N2O3. The quantitative estimate of drug-likeness (QED) is 0.676. The molecule has 1 rings (SSSR count). The van der Waals surface area contributed by atoms with Crippen LogP contribution < -0.4 is 10.5 Å². The molecular weight excluding hydrogens is 322 g/mol. The summed E-state index contributed by atoms with van der Waals surface area (Å²) < 4.78 is 82.9. The molecule has 0 aliphatic rings. The monoisotopic (exact) mass is 332 g/mol. The smallest absolute Gasteiger partial charge is 0.469 e. The molecule has 0 saturated carbocycles. The van der Waals surface area contributed by atoms with Gasteiger partial charge in [0.25, 0.3) is 0 Å². The normalized spacial score (nSPS) is 12.2. The van der Waals surface area contributed by atoms with Crippen LogP contribution in [0.5, 0.6) is 5.88 Å². The second-order valence-electron chi connectivity index (χ2n) is 3.94. The van der Waals surface area contributed by atoms with Crippen LogP contribution in [0.1, 0.15) is 16.8 Å². The van der Waals surface area contributed by atoms with Crippen molar-refractivity contribution in [3.8, 4) is 5.88 Å². The highest BCUT2D eigenvalue weighted by molar-refractivity contribution is 5.73. The lowest BCUT2D eigenvalue weighted by molar-refractivity contribution is -0.276. The molecule has 0 amide bonds. The van der Waals surface area contributed by atoms with Crippen LogP contribution in [0.2, 0.25) is 0 Å². The Morgan fingerprint density at radius 3 is 2.27 bits per heavy atom. The number of hydrogen-bond acceptors (Lipinski definition) is 5. The molecule has 0 atom stereocenters. The number of aromatic nitrogens is 1. The first-order valence-electron chi connectivity index (χ1n) is 5.60. The molecule has 0 aliphatic heterocycles. The molecule has 0 unspecified atom stereocenters. The van der Waals surface area contributed by atoms with Gasteiger partial charge in [0.2, 0.25) is 5.88 Å². The summed E-state index contributed by atoms with van der Waals surface area (Å²) >= 11 is 0. The number of ether oxygens (including phenoxy) is 2. The first kappa shape index (κ1) is 18.0. The van der Waals surface area contributed by atoms with Gasteiger partial charge in [0.1, 0.15) is 0 Å². The van der Waals surface area contributed by atoms with Crippen molar-refractivity contribution >= 4 is 5.97 Å². The Hall–Kier alpha value is -2.04. The zero-order chi connectivity index (χ0) is 17.1. The van der Waals surface area contributed by atoms with Gasteiger partial charge in [-0.05, 0) is 5.56 Å². The number of esters is 1. The molecule has 5 nitrogen and oxygen atoms in total. The fourth-order valence-corrected chi connectivity index (χ4v) is 1.61. The maximum absolute atomic E-state index is 13.0. The number of rotatable bonds is 4. The number of halogens is 6. The van der Waals surface area contributed by atoms with Gasteiger partial charge in [0, 0.05) is 12.6 Å². The number of carbonyl (C=O) groups excluding carboxylic acids is 1. The summed E-state index contributed by atoms with van der Waals surface area (Å²) in [6, 6.07) is 0.0604. The van der Waals surface area contributed by atoms with Gasteiger partial charge < -0.3 is 15.2 Å². The van der Waals surface area contributed by atoms with E-state index in [4.69, 9.17) is 5.73 Å². The van der Waals surface area contributed by atoms with Crippen molar-refractivity contribution in [2.24, 2.45) is 5.73 Å². The number of hydrogen-bond donors (Lipinski definition) is 1. The van der Waals surface area contributed by atoms with E-state index in [1.165, 1.54) is 0 Å². The number of nitrogens with two attached hydrogens (primary N) is 1. The maximum Gasteiger partial charge on any atom is 0.574 e. The molecule has 1 aromatic heterocycles. The van der Waals surface area contributed by atoms with Crippen LogP contribution in [0.15, 0.2) is 6.07 Å². The predicted molar refractivity (Wildman–Crippen MR) is 59.5 cm³/mol. The fourth-order valence-electron chi connectivity index (χ4n) is 1.61. The SMILES string of the molecule is COC(=O)Cc1c(C(F)(F)F)cc(OC(F)(F)F)nc1CN. The average Bonchev–Trinajstić information content (AvgIpc) is 2.36. The van der Waals surface area contributed by atoms with Gasteiger partial charge in [0.05, 0.1) is 24.8 Å². The van der Waals surface area contributed by atoms with E-state index in [1.54, 1.807) is 0 Å². The molecule has 11 heteroatoms. The van der Waals surface area contributed by atoms with Crippen molar-refractivity contribution in [1.29, 1.82) is 0 Å². The van der Waals surface area contributed by atoms with E-state index < -0.39 is 54.2 Å². The topological polar surface area (TPSA) is 74.4 Å². The zero-order valence-corrected chi connectivity index (χ0v) is 11.0. The van der Waals surface area contributed by atoms with E-state index in [1.807, 2.05) is 0 Å². The largest absolute Gasteiger partial charge is 0.574 e. The van der Waals surface area contributed by atoms with Crippen LogP contribution in [0, 0.1) is 0 Å². The molecule has 1 heterocycles. The molecule has 2 N–H and O–H groups in total. The Morgan fingerprint density at radius 2 is 1.86 bits per heavy atom. The lowest BCUT2D eigenvalue weighted by atomic mass is 10.0. The van der Waals surface area contributed by atoms with Crippen LogP contribution in [0.3, 0.4) is 0 Å². The summed E-state index contributed by atoms with van der Waals surface area (Å²) in [4.78, 5) is 14.4. The first-order chi connectivity index (χ1) is 9.97. The lowest BCUT2D eigenvalue weighted by Gasteiger charge is -2.17. The van der Waals surface area contributed by atoms with Gasteiger partial charge >= 0.3 is 18.5 Å². The average molecular weight is 332 g/mol. The number of alkyl halides is 6. The summed E-state index contributed by atoms with van der Waals surface area (Å²) in [7, 11) is 0.951. The van der Waals surface area contributed by atoms with Crippen LogP contribution in [0.25, 0.3) is 0 Å². The second kappa shape index (κ2) is 6.38. The minimum atomic E-state index is -5.22. The Kier molecular flexibility index (Phi) is 5.22. The maximum atomic E-state index is 13.0. The Morgan fingerprint density at radius 1 is 1.27 bits per heavy atom. The molecule has 0 fully saturated rings. The Bertz CT molecular complexity index is 556. The second-order valence-corrected chi connectivity index (χ2v) is 3.94. The molecule has 0 bridgehead atoms. The number of methoxy groups -OCH3 is 1. The molecule has 1 aromatic rings. The fraction of sp³-hybridized carbons (Fsp3) is 0.455. The van der Waals surface area contributed by atoms with Gasteiger partial charge in [-0.15, -0.1) is 13.2 Å². The van der Waals surface area contributed by atoms with E-state index in [-0.39, 0.29) is 6.07 Å². The van der Waals surface area contributed by atoms with E-state index in [9.17, 15) is 31.1 Å². The third kappa shape index (κ3) is 4.76. The molecule has 0 aromatic carbocycles. The Labute approximate surface area is 120 Å². The van der Waals surface area contributed by atoms with Crippen molar-refractivity contribution in [1.82, 2.24) is 4.98 Å². The van der Waals surface area contributed by atoms with Crippen LogP contribution in [0.4, 0.5) is 26.3 Å². The van der Waals surface area contributed by atoms with Crippen LogP contribution in [-0.2, 0) is 28.7 Å². The van der Waals surface area contributed by atoms with Crippen LogP contribution in [-0.4, -0.2) is 24.4 Å². The van der Waals surface area contributed by atoms with E-state index >= 15 is 0 Å². The molecule has 0 aliphatic carbocycles. The third-order valence-electron chi connectivity index (χ3n) is 2.45. The Balaban J connectivity index is 3.44. The van der Waals surface area contributed by atoms with Gasteiger partial charge in [-0.2, -0.15) is 13.2 Å². The van der Waals surface area contributed by atoms with Crippen molar-refractivity contribution in [2.45, 2.75) is 25.5 Å². The lowest BCUT2D eigenvalue weighted by Crippen LogP contribution is -2.22. The van der Waals surface area contributed by atoms with Gasteiger partial charge in [-0.25, -0.2) is 4.98 Å². The van der Waals surface area contributed by atoms with Crippen LogP contribution >= 0.6 is 0 Å². The van der Waals surface area contributed by atoms with Gasteiger partial charge in [0.15, 0.2) is 0 Å². The minimum absolute atomic E-state index is 0.0604. The predicted octanol–water partition coefficient (Wildman–Crippen LogP) is 2.17. The summed E-state index contributed by atoms with van der Waals surface area (Å²) in [6.07, 6.45) is -11.1. The highest BCUT2D eigenvalue weighted by Crippen LogP contribution is 2.36. The summed E-state index contributed by atoms with van der Waals surface area (Å²) in [5.41, 5.74) is 2.50. The third-order valence-corrected chi connectivity index (χ3v) is 2.45. The number of pyridine rings is 1. The molecule has 0 radical (unpaired) electrons. The number of carbonyl (C=O) groups is 1. The van der Waals surface area contributed by atoms with Crippen molar-refractivity contribution < 1.29 is 40.6 Å². The summed E-state index contributed by atoms with van der Waals surface area (Å²) in [5.74, 6) is -2.33. The summed E-state index contributed by atoms with van der Waals surface area (Å²) in [6.45, 7) is -0.621. The zero-order valence-electron chi connectivity index (χ0n) is 11.0.